The molecule has 2 aromatic carbocycles. The lowest BCUT2D eigenvalue weighted by atomic mass is 9.68. The van der Waals surface area contributed by atoms with Crippen LogP contribution in [0.4, 0.5) is 5.69 Å². The molecule has 8 nitrogen and oxygen atoms in total. The molecular weight excluding hydrogens is 612 g/mol. The van der Waals surface area contributed by atoms with Gasteiger partial charge in [-0.3, -0.25) is 4.79 Å². The predicted octanol–water partition coefficient (Wildman–Crippen LogP) is 5.81. The zero-order valence-corrected chi connectivity index (χ0v) is 27.5. The molecule has 5 aliphatic rings. The van der Waals surface area contributed by atoms with Gasteiger partial charge in [-0.15, -0.1) is 0 Å². The van der Waals surface area contributed by atoms with Crippen LogP contribution >= 0.6 is 11.6 Å². The lowest BCUT2D eigenvalue weighted by molar-refractivity contribution is -0.165. The third kappa shape index (κ3) is 6.13. The standard InChI is InChI=1S/C35H43ClN2O6S/c1-2-28-7-3-4-8-32(44-27-19-42-20-27)29-12-9-25(29)18-38-21-35(15-5-6-23-16-26(36)11-13-30(23)35)22-43-33-14-10-24(17-31(33)38)34(39)37-45(28,40)41/h4,8,10-11,13-14,16-17,25,27-29,32H,2-3,5-7,9,12,15,18-22H2,1H3,(H,37,39)/b8-4+/t25-,28+,29+,32-,35-/m0/s1. The number of halogens is 1. The lowest BCUT2D eigenvalue weighted by Crippen LogP contribution is -2.50. The summed E-state index contributed by atoms with van der Waals surface area (Å²) in [5.41, 5.74) is 3.47. The van der Waals surface area contributed by atoms with E-state index in [-0.39, 0.29) is 17.6 Å². The van der Waals surface area contributed by atoms with Gasteiger partial charge in [0.2, 0.25) is 10.0 Å². The number of nitrogens with one attached hydrogen (secondary N) is 1. The molecule has 0 unspecified atom stereocenters. The van der Waals surface area contributed by atoms with Crippen LogP contribution in [-0.4, -0.2) is 64.7 Å². The number of carbonyl (C=O) groups is 1. The van der Waals surface area contributed by atoms with Crippen LogP contribution in [0.25, 0.3) is 0 Å². The van der Waals surface area contributed by atoms with E-state index >= 15 is 0 Å². The largest absolute Gasteiger partial charge is 0.490 e. The van der Waals surface area contributed by atoms with Crippen LogP contribution in [0.1, 0.15) is 73.4 Å². The Morgan fingerprint density at radius 3 is 2.76 bits per heavy atom. The van der Waals surface area contributed by atoms with Gasteiger partial charge < -0.3 is 19.1 Å². The number of anilines is 1. The minimum atomic E-state index is -3.87. The number of fused-ring (bicyclic) bond motifs is 4. The van der Waals surface area contributed by atoms with Crippen molar-refractivity contribution in [1.82, 2.24) is 4.72 Å². The highest BCUT2D eigenvalue weighted by atomic mass is 35.5. The van der Waals surface area contributed by atoms with E-state index in [2.05, 4.69) is 33.9 Å². The van der Waals surface area contributed by atoms with Crippen molar-refractivity contribution in [3.63, 3.8) is 0 Å². The number of carbonyl (C=O) groups excluding carboxylic acids is 1. The minimum absolute atomic E-state index is 0.0533. The molecule has 3 heterocycles. The summed E-state index contributed by atoms with van der Waals surface area (Å²) in [4.78, 5) is 15.9. The SMILES string of the molecule is CC[C@@H]1CC/C=C/[C@H](OC2COC2)[C@@H]2CC[C@H]2CN2C[C@@]3(CCCc4cc(Cl)ccc43)COc3ccc(cc32)C(=O)NS1(=O)=O. The number of hydrogen-bond donors (Lipinski definition) is 1. The summed E-state index contributed by atoms with van der Waals surface area (Å²) < 4.78 is 47.7. The van der Waals surface area contributed by atoms with Gasteiger partial charge in [-0.05, 0) is 105 Å². The molecule has 1 spiro atoms. The molecule has 45 heavy (non-hydrogen) atoms. The molecule has 2 aliphatic carbocycles. The predicted molar refractivity (Wildman–Crippen MR) is 175 cm³/mol. The fourth-order valence-electron chi connectivity index (χ4n) is 7.96. The van der Waals surface area contributed by atoms with Crippen molar-refractivity contribution < 1.29 is 27.4 Å². The topological polar surface area (TPSA) is 94.2 Å². The molecule has 7 rings (SSSR count). The number of hydrogen-bond acceptors (Lipinski definition) is 7. The summed E-state index contributed by atoms with van der Waals surface area (Å²) in [5.74, 6) is 0.849. The Bertz CT molecular complexity index is 1580. The van der Waals surface area contributed by atoms with Gasteiger partial charge in [-0.25, -0.2) is 13.1 Å². The highest BCUT2D eigenvalue weighted by Crippen LogP contribution is 2.47. The van der Waals surface area contributed by atoms with E-state index in [4.69, 9.17) is 25.8 Å². The molecular formula is C35H43ClN2O6S. The second-order valence-corrected chi connectivity index (χ2v) is 16.0. The van der Waals surface area contributed by atoms with Crippen molar-refractivity contribution in [2.75, 3.05) is 37.8 Å². The molecule has 2 aromatic rings. The van der Waals surface area contributed by atoms with E-state index in [1.807, 2.05) is 25.1 Å². The van der Waals surface area contributed by atoms with Gasteiger partial charge in [0.1, 0.15) is 11.9 Å². The fraction of sp³-hybridized carbons (Fsp3) is 0.571. The maximum absolute atomic E-state index is 13.5. The third-order valence-corrected chi connectivity index (χ3v) is 12.9. The molecule has 1 saturated carbocycles. The van der Waals surface area contributed by atoms with Gasteiger partial charge >= 0.3 is 0 Å². The van der Waals surface area contributed by atoms with Gasteiger partial charge in [-0.2, -0.15) is 0 Å². The number of aryl methyl sites for hydroxylation is 1. The third-order valence-electron chi connectivity index (χ3n) is 10.7. The summed E-state index contributed by atoms with van der Waals surface area (Å²) in [6.45, 7) is 5.13. The average molecular weight is 655 g/mol. The maximum atomic E-state index is 13.5. The second kappa shape index (κ2) is 12.5. The molecule has 0 aromatic heterocycles. The number of ether oxygens (including phenoxy) is 3. The first-order chi connectivity index (χ1) is 21.7. The summed E-state index contributed by atoms with van der Waals surface area (Å²) in [7, 11) is -3.87. The first-order valence-corrected chi connectivity index (χ1v) is 18.4. The normalized spacial score (nSPS) is 32.1. The Morgan fingerprint density at radius 1 is 1.13 bits per heavy atom. The number of allylic oxidation sites excluding steroid dienone is 1. The molecule has 3 aliphatic heterocycles. The fourth-order valence-corrected chi connectivity index (χ4v) is 9.58. The van der Waals surface area contributed by atoms with Crippen molar-refractivity contribution >= 4 is 33.2 Å². The van der Waals surface area contributed by atoms with Crippen LogP contribution in [0.2, 0.25) is 5.02 Å². The van der Waals surface area contributed by atoms with E-state index in [0.717, 1.165) is 61.7 Å². The summed E-state index contributed by atoms with van der Waals surface area (Å²) in [6, 6.07) is 11.6. The number of amides is 1. The van der Waals surface area contributed by atoms with Crippen molar-refractivity contribution in [1.29, 1.82) is 0 Å². The van der Waals surface area contributed by atoms with Gasteiger partial charge in [0.05, 0.1) is 36.9 Å². The van der Waals surface area contributed by atoms with Gasteiger partial charge in [0.15, 0.2) is 0 Å². The molecule has 1 amide bonds. The van der Waals surface area contributed by atoms with Crippen molar-refractivity contribution in [2.45, 2.75) is 81.2 Å². The van der Waals surface area contributed by atoms with Gasteiger partial charge in [0, 0.05) is 29.1 Å². The number of sulfonamides is 1. The molecule has 1 saturated heterocycles. The maximum Gasteiger partial charge on any atom is 0.264 e. The summed E-state index contributed by atoms with van der Waals surface area (Å²) in [6.07, 6.45) is 10.9. The van der Waals surface area contributed by atoms with E-state index in [9.17, 15) is 13.2 Å². The smallest absolute Gasteiger partial charge is 0.264 e. The highest BCUT2D eigenvalue weighted by Gasteiger charge is 2.45. The van der Waals surface area contributed by atoms with Crippen LogP contribution in [0, 0.1) is 11.8 Å². The first-order valence-electron chi connectivity index (χ1n) is 16.5. The summed E-state index contributed by atoms with van der Waals surface area (Å²) >= 11 is 6.43. The van der Waals surface area contributed by atoms with Gasteiger partial charge in [-0.1, -0.05) is 36.7 Å². The average Bonchev–Trinajstić information content (AvgIpc) is 3.12. The Balaban J connectivity index is 1.29. The monoisotopic (exact) mass is 654 g/mol. The van der Waals surface area contributed by atoms with Crippen molar-refractivity contribution in [2.24, 2.45) is 11.8 Å². The van der Waals surface area contributed by atoms with Crippen LogP contribution in [-0.2, 0) is 31.3 Å². The minimum Gasteiger partial charge on any atom is -0.490 e. The number of nitrogens with zero attached hydrogens (tertiary/aromatic N) is 1. The van der Waals surface area contributed by atoms with Crippen LogP contribution in [0.5, 0.6) is 5.75 Å². The second-order valence-electron chi connectivity index (χ2n) is 13.6. The highest BCUT2D eigenvalue weighted by molar-refractivity contribution is 7.90. The van der Waals surface area contributed by atoms with Crippen LogP contribution < -0.4 is 14.4 Å². The van der Waals surface area contributed by atoms with E-state index in [1.165, 1.54) is 11.1 Å². The van der Waals surface area contributed by atoms with Crippen LogP contribution in [0.3, 0.4) is 0 Å². The zero-order valence-electron chi connectivity index (χ0n) is 25.9. The molecule has 242 valence electrons. The number of benzene rings is 2. The first kappa shape index (κ1) is 31.0. The Labute approximate surface area is 271 Å². The van der Waals surface area contributed by atoms with E-state index in [0.29, 0.717) is 56.5 Å². The lowest BCUT2D eigenvalue weighted by Gasteiger charge is -2.47. The molecule has 5 atom stereocenters. The Hall–Kier alpha value is -2.59. The molecule has 0 radical (unpaired) electrons. The van der Waals surface area contributed by atoms with Gasteiger partial charge in [0.25, 0.3) is 5.91 Å². The molecule has 2 fully saturated rings. The van der Waals surface area contributed by atoms with Crippen molar-refractivity contribution in [3.8, 4) is 5.75 Å². The van der Waals surface area contributed by atoms with E-state index in [1.54, 1.807) is 6.07 Å². The molecule has 1 N–H and O–H groups in total. The zero-order chi connectivity index (χ0) is 31.2. The van der Waals surface area contributed by atoms with E-state index < -0.39 is 21.2 Å². The van der Waals surface area contributed by atoms with Crippen LogP contribution in [0.15, 0.2) is 48.6 Å². The molecule has 10 heteroatoms. The summed E-state index contributed by atoms with van der Waals surface area (Å²) in [5, 5.41) is 0.0769. The molecule has 2 bridgehead atoms. The Kier molecular flexibility index (Phi) is 8.65. The Morgan fingerprint density at radius 2 is 2.00 bits per heavy atom. The quantitative estimate of drug-likeness (QED) is 0.418. The van der Waals surface area contributed by atoms with Crippen molar-refractivity contribution in [3.05, 3.63) is 70.3 Å². The number of rotatable bonds is 3.